The first-order chi connectivity index (χ1) is 8.68. The number of hydrogen-bond donors (Lipinski definition) is 0. The molecule has 0 unspecified atom stereocenters. The fraction of sp³-hybridized carbons (Fsp3) is 0.0714. The lowest BCUT2D eigenvalue weighted by molar-refractivity contribution is 0.101. The van der Waals surface area contributed by atoms with Crippen LogP contribution in [-0.4, -0.2) is 11.5 Å². The highest BCUT2D eigenvalue weighted by atomic mass is 32.2. The van der Waals surface area contributed by atoms with Crippen LogP contribution in [0.25, 0.3) is 0 Å². The lowest BCUT2D eigenvalue weighted by atomic mass is 10.1. The summed E-state index contributed by atoms with van der Waals surface area (Å²) in [5, 5.41) is 0. The molecule has 0 bridgehead atoms. The Balaban J connectivity index is 2.07. The van der Waals surface area contributed by atoms with E-state index in [0.29, 0.717) is 0 Å². The summed E-state index contributed by atoms with van der Waals surface area (Å²) in [6.45, 7) is 0. The van der Waals surface area contributed by atoms with Crippen molar-refractivity contribution in [2.24, 2.45) is 0 Å². The number of rotatable bonds is 4. The topological polar surface area (TPSA) is 17.1 Å². The molecular formula is C14H10F2OS. The van der Waals surface area contributed by atoms with E-state index in [-0.39, 0.29) is 11.3 Å². The van der Waals surface area contributed by atoms with E-state index in [1.807, 2.05) is 30.3 Å². The van der Waals surface area contributed by atoms with Gasteiger partial charge in [-0.05, 0) is 24.3 Å². The highest BCUT2D eigenvalue weighted by Crippen LogP contribution is 2.20. The van der Waals surface area contributed by atoms with Gasteiger partial charge in [0.2, 0.25) is 0 Å². The van der Waals surface area contributed by atoms with Crippen LogP contribution in [0.15, 0.2) is 53.4 Å². The van der Waals surface area contributed by atoms with Crippen LogP contribution < -0.4 is 0 Å². The van der Waals surface area contributed by atoms with Crippen molar-refractivity contribution in [1.82, 2.24) is 0 Å². The predicted molar refractivity (Wildman–Crippen MR) is 67.9 cm³/mol. The molecule has 0 spiro atoms. The summed E-state index contributed by atoms with van der Waals surface area (Å²) in [5.41, 5.74) is -0.196. The molecule has 0 aliphatic rings. The van der Waals surface area contributed by atoms with E-state index in [1.165, 1.54) is 23.9 Å². The SMILES string of the molecule is O=C(CSc1ccccc1)c1cccc(F)c1F. The van der Waals surface area contributed by atoms with E-state index in [1.54, 1.807) is 0 Å². The van der Waals surface area contributed by atoms with Crippen LogP contribution in [0.3, 0.4) is 0 Å². The van der Waals surface area contributed by atoms with Crippen LogP contribution in [0.4, 0.5) is 8.78 Å². The number of ketones is 1. The molecule has 2 aromatic carbocycles. The maximum Gasteiger partial charge on any atom is 0.176 e. The van der Waals surface area contributed by atoms with Gasteiger partial charge in [-0.1, -0.05) is 24.3 Å². The molecule has 0 amide bonds. The first kappa shape index (κ1) is 12.8. The molecule has 18 heavy (non-hydrogen) atoms. The van der Waals surface area contributed by atoms with Crippen molar-refractivity contribution in [3.63, 3.8) is 0 Å². The number of carbonyl (C=O) groups excluding carboxylic acids is 1. The Labute approximate surface area is 108 Å². The van der Waals surface area contributed by atoms with Gasteiger partial charge in [0.25, 0.3) is 0 Å². The Hall–Kier alpha value is -1.68. The summed E-state index contributed by atoms with van der Waals surface area (Å²) in [5.74, 6) is -2.40. The lowest BCUT2D eigenvalue weighted by Crippen LogP contribution is -2.06. The number of halogens is 2. The van der Waals surface area contributed by atoms with Crippen LogP contribution in [0.2, 0.25) is 0 Å². The fourth-order valence-electron chi connectivity index (χ4n) is 1.46. The van der Waals surface area contributed by atoms with Crippen molar-refractivity contribution in [3.05, 3.63) is 65.7 Å². The van der Waals surface area contributed by atoms with Crippen molar-refractivity contribution in [3.8, 4) is 0 Å². The van der Waals surface area contributed by atoms with Gasteiger partial charge in [0.15, 0.2) is 17.4 Å². The minimum absolute atomic E-state index is 0.0877. The Bertz CT molecular complexity index is 555. The fourth-order valence-corrected chi connectivity index (χ4v) is 2.27. The molecule has 0 atom stereocenters. The van der Waals surface area contributed by atoms with Crippen molar-refractivity contribution in [2.45, 2.75) is 4.90 Å². The average Bonchev–Trinajstić information content (AvgIpc) is 2.40. The third kappa shape index (κ3) is 2.96. The highest BCUT2D eigenvalue weighted by molar-refractivity contribution is 8.00. The molecule has 0 N–H and O–H groups in total. The zero-order valence-corrected chi connectivity index (χ0v) is 10.2. The normalized spacial score (nSPS) is 10.3. The molecule has 0 saturated carbocycles. The van der Waals surface area contributed by atoms with Gasteiger partial charge in [0, 0.05) is 4.90 Å². The third-order valence-electron chi connectivity index (χ3n) is 2.37. The molecule has 2 rings (SSSR count). The molecule has 0 aliphatic heterocycles. The van der Waals surface area contributed by atoms with Crippen molar-refractivity contribution in [2.75, 3.05) is 5.75 Å². The second-order valence-corrected chi connectivity index (χ2v) is 4.68. The van der Waals surface area contributed by atoms with E-state index < -0.39 is 17.4 Å². The second kappa shape index (κ2) is 5.78. The van der Waals surface area contributed by atoms with Crippen LogP contribution >= 0.6 is 11.8 Å². The minimum atomic E-state index is -1.07. The van der Waals surface area contributed by atoms with E-state index in [9.17, 15) is 13.6 Å². The third-order valence-corrected chi connectivity index (χ3v) is 3.38. The Morgan fingerprint density at radius 1 is 1.00 bits per heavy atom. The highest BCUT2D eigenvalue weighted by Gasteiger charge is 2.14. The van der Waals surface area contributed by atoms with Crippen LogP contribution in [0.1, 0.15) is 10.4 Å². The van der Waals surface area contributed by atoms with Crippen LogP contribution in [0, 0.1) is 11.6 Å². The monoisotopic (exact) mass is 264 g/mol. The summed E-state index contributed by atoms with van der Waals surface area (Å²) in [6, 6.07) is 12.9. The van der Waals surface area contributed by atoms with Gasteiger partial charge < -0.3 is 0 Å². The van der Waals surface area contributed by atoms with E-state index in [2.05, 4.69) is 0 Å². The molecule has 4 heteroatoms. The number of hydrogen-bond acceptors (Lipinski definition) is 2. The summed E-state index contributed by atoms with van der Waals surface area (Å²) >= 11 is 1.30. The zero-order valence-electron chi connectivity index (χ0n) is 9.40. The van der Waals surface area contributed by atoms with Crippen LogP contribution in [0.5, 0.6) is 0 Å². The van der Waals surface area contributed by atoms with Gasteiger partial charge in [0.05, 0.1) is 11.3 Å². The number of thioether (sulfide) groups is 1. The van der Waals surface area contributed by atoms with Gasteiger partial charge in [0.1, 0.15) is 0 Å². The van der Waals surface area contributed by atoms with Gasteiger partial charge in [-0.15, -0.1) is 11.8 Å². The van der Waals surface area contributed by atoms with E-state index in [0.717, 1.165) is 11.0 Å². The molecular weight excluding hydrogens is 254 g/mol. The van der Waals surface area contributed by atoms with Crippen LogP contribution in [-0.2, 0) is 0 Å². The lowest BCUT2D eigenvalue weighted by Gasteiger charge is -2.03. The second-order valence-electron chi connectivity index (χ2n) is 3.63. The zero-order chi connectivity index (χ0) is 13.0. The Morgan fingerprint density at radius 2 is 1.72 bits per heavy atom. The molecule has 0 radical (unpaired) electrons. The first-order valence-corrected chi connectivity index (χ1v) is 6.32. The van der Waals surface area contributed by atoms with E-state index in [4.69, 9.17) is 0 Å². The molecule has 2 aromatic rings. The number of benzene rings is 2. The molecule has 1 nitrogen and oxygen atoms in total. The summed E-state index contributed by atoms with van der Waals surface area (Å²) in [6.07, 6.45) is 0. The van der Waals surface area contributed by atoms with Crippen molar-refractivity contribution < 1.29 is 13.6 Å². The number of Topliss-reactive ketones (excluding diaryl/α,β-unsaturated/α-hetero) is 1. The molecule has 0 fully saturated rings. The smallest absolute Gasteiger partial charge is 0.176 e. The largest absolute Gasteiger partial charge is 0.293 e. The summed E-state index contributed by atoms with van der Waals surface area (Å²) in [4.78, 5) is 12.7. The Kier molecular flexibility index (Phi) is 4.10. The van der Waals surface area contributed by atoms with Crippen molar-refractivity contribution >= 4 is 17.5 Å². The number of carbonyl (C=O) groups is 1. The Morgan fingerprint density at radius 3 is 2.44 bits per heavy atom. The predicted octanol–water partition coefficient (Wildman–Crippen LogP) is 3.94. The van der Waals surface area contributed by atoms with E-state index >= 15 is 0 Å². The van der Waals surface area contributed by atoms with Gasteiger partial charge >= 0.3 is 0 Å². The molecule has 0 heterocycles. The minimum Gasteiger partial charge on any atom is -0.293 e. The van der Waals surface area contributed by atoms with Gasteiger partial charge in [-0.2, -0.15) is 0 Å². The molecule has 0 aliphatic carbocycles. The van der Waals surface area contributed by atoms with Crippen molar-refractivity contribution in [1.29, 1.82) is 0 Å². The molecule has 0 saturated heterocycles. The van der Waals surface area contributed by atoms with Gasteiger partial charge in [-0.3, -0.25) is 4.79 Å². The maximum atomic E-state index is 13.4. The maximum absolute atomic E-state index is 13.4. The summed E-state index contributed by atoms with van der Waals surface area (Å²) < 4.78 is 26.3. The summed E-state index contributed by atoms with van der Waals surface area (Å²) in [7, 11) is 0. The van der Waals surface area contributed by atoms with Gasteiger partial charge in [-0.25, -0.2) is 8.78 Å². The standard InChI is InChI=1S/C14H10F2OS/c15-12-8-4-7-11(14(12)16)13(17)9-18-10-5-2-1-3-6-10/h1-8H,9H2. The molecule has 92 valence electrons. The quantitative estimate of drug-likeness (QED) is 0.614. The average molecular weight is 264 g/mol. The first-order valence-electron chi connectivity index (χ1n) is 5.33. The molecule has 0 aromatic heterocycles.